The standard InChI is InChI=1S/C13H12BrF2NO2/c1-2-19-12(18)5-8-4-11(13(15)16)9(6-14)3-10(8)7-17/h3-4,13H,2,5-6H2,1H3. The molecule has 0 saturated heterocycles. The van der Waals surface area contributed by atoms with E-state index in [2.05, 4.69) is 15.9 Å². The first-order valence-corrected chi connectivity index (χ1v) is 6.71. The van der Waals surface area contributed by atoms with E-state index in [1.54, 1.807) is 6.92 Å². The Labute approximate surface area is 118 Å². The van der Waals surface area contributed by atoms with Crippen molar-refractivity contribution in [2.75, 3.05) is 6.61 Å². The third-order valence-corrected chi connectivity index (χ3v) is 3.11. The summed E-state index contributed by atoms with van der Waals surface area (Å²) in [5.41, 5.74) is 0.655. The van der Waals surface area contributed by atoms with E-state index in [4.69, 9.17) is 10.00 Å². The fourth-order valence-electron chi connectivity index (χ4n) is 1.65. The molecule has 1 aromatic rings. The van der Waals surface area contributed by atoms with Crippen LogP contribution in [0.25, 0.3) is 0 Å². The van der Waals surface area contributed by atoms with E-state index in [1.807, 2.05) is 6.07 Å². The molecule has 0 spiro atoms. The molecule has 0 atom stereocenters. The van der Waals surface area contributed by atoms with E-state index in [0.717, 1.165) is 0 Å². The van der Waals surface area contributed by atoms with Gasteiger partial charge in [0.25, 0.3) is 6.43 Å². The first-order chi connectivity index (χ1) is 9.03. The third kappa shape index (κ3) is 4.00. The van der Waals surface area contributed by atoms with E-state index in [1.165, 1.54) is 12.1 Å². The number of alkyl halides is 3. The van der Waals surface area contributed by atoms with Crippen molar-refractivity contribution in [3.63, 3.8) is 0 Å². The summed E-state index contributed by atoms with van der Waals surface area (Å²) in [7, 11) is 0. The number of carbonyl (C=O) groups excluding carboxylic acids is 1. The van der Waals surface area contributed by atoms with Crippen molar-refractivity contribution in [2.24, 2.45) is 0 Å². The molecule has 0 fully saturated rings. The molecule has 6 heteroatoms. The Bertz CT molecular complexity index is 512. The van der Waals surface area contributed by atoms with Crippen molar-refractivity contribution in [2.45, 2.75) is 25.1 Å². The average molecular weight is 332 g/mol. The minimum absolute atomic E-state index is 0.171. The lowest BCUT2D eigenvalue weighted by atomic mass is 9.98. The highest BCUT2D eigenvalue weighted by atomic mass is 79.9. The molecule has 0 bridgehead atoms. The lowest BCUT2D eigenvalue weighted by Crippen LogP contribution is -2.10. The summed E-state index contributed by atoms with van der Waals surface area (Å²) in [5, 5.41) is 9.23. The fourth-order valence-corrected chi connectivity index (χ4v) is 2.13. The summed E-state index contributed by atoms with van der Waals surface area (Å²) in [4.78, 5) is 11.4. The quantitative estimate of drug-likeness (QED) is 0.613. The Kier molecular flexibility index (Phi) is 5.90. The van der Waals surface area contributed by atoms with Gasteiger partial charge in [0.05, 0.1) is 24.7 Å². The lowest BCUT2D eigenvalue weighted by Gasteiger charge is -2.11. The lowest BCUT2D eigenvalue weighted by molar-refractivity contribution is -0.142. The number of halogens is 3. The van der Waals surface area contributed by atoms with Gasteiger partial charge < -0.3 is 4.74 Å². The summed E-state index contributed by atoms with van der Waals surface area (Å²) in [6.07, 6.45) is -2.83. The van der Waals surface area contributed by atoms with Crippen LogP contribution in [0.1, 0.15) is 35.6 Å². The number of carbonyl (C=O) groups is 1. The predicted octanol–water partition coefficient (Wildman–Crippen LogP) is 3.50. The van der Waals surface area contributed by atoms with Gasteiger partial charge in [-0.25, -0.2) is 8.78 Å². The molecule has 0 aliphatic heterocycles. The molecule has 0 amide bonds. The maximum absolute atomic E-state index is 12.9. The third-order valence-electron chi connectivity index (χ3n) is 2.50. The first-order valence-electron chi connectivity index (χ1n) is 5.59. The molecule has 0 aromatic heterocycles. The number of esters is 1. The highest BCUT2D eigenvalue weighted by Crippen LogP contribution is 2.28. The van der Waals surface area contributed by atoms with Crippen LogP contribution in [-0.2, 0) is 21.3 Å². The zero-order valence-electron chi connectivity index (χ0n) is 10.3. The first kappa shape index (κ1) is 15.6. The van der Waals surface area contributed by atoms with Crippen molar-refractivity contribution < 1.29 is 18.3 Å². The smallest absolute Gasteiger partial charge is 0.310 e. The summed E-state index contributed by atoms with van der Waals surface area (Å²) in [6, 6.07) is 4.50. The van der Waals surface area contributed by atoms with E-state index in [0.29, 0.717) is 5.56 Å². The highest BCUT2D eigenvalue weighted by Gasteiger charge is 2.18. The molecule has 3 nitrogen and oxygen atoms in total. The van der Waals surface area contributed by atoms with E-state index in [9.17, 15) is 13.6 Å². The van der Waals surface area contributed by atoms with Crippen LogP contribution in [0.4, 0.5) is 8.78 Å². The second kappa shape index (κ2) is 7.19. The van der Waals surface area contributed by atoms with E-state index in [-0.39, 0.29) is 35.0 Å². The second-order valence-electron chi connectivity index (χ2n) is 3.74. The summed E-state index contributed by atoms with van der Waals surface area (Å²) in [5.74, 6) is -0.536. The fraction of sp³-hybridized carbons (Fsp3) is 0.385. The second-order valence-corrected chi connectivity index (χ2v) is 4.30. The molecule has 0 heterocycles. The van der Waals surface area contributed by atoms with E-state index >= 15 is 0 Å². The molecular formula is C13H12BrF2NO2. The van der Waals surface area contributed by atoms with E-state index < -0.39 is 12.4 Å². The number of hydrogen-bond donors (Lipinski definition) is 0. The zero-order chi connectivity index (χ0) is 14.4. The maximum atomic E-state index is 12.9. The molecule has 0 aliphatic carbocycles. The van der Waals surface area contributed by atoms with Crippen molar-refractivity contribution in [3.05, 3.63) is 34.4 Å². The van der Waals surface area contributed by atoms with Gasteiger partial charge in [-0.15, -0.1) is 0 Å². The summed E-state index contributed by atoms with van der Waals surface area (Å²) < 4.78 is 30.5. The van der Waals surface area contributed by atoms with Crippen LogP contribution in [0.3, 0.4) is 0 Å². The van der Waals surface area contributed by atoms with Gasteiger partial charge in [0.15, 0.2) is 0 Å². The van der Waals surface area contributed by atoms with Crippen molar-refractivity contribution >= 4 is 21.9 Å². The Balaban J connectivity index is 3.19. The molecule has 0 N–H and O–H groups in total. The molecular weight excluding hydrogens is 320 g/mol. The molecule has 1 rings (SSSR count). The monoisotopic (exact) mass is 331 g/mol. The zero-order valence-corrected chi connectivity index (χ0v) is 11.8. The van der Waals surface area contributed by atoms with Gasteiger partial charge in [-0.3, -0.25) is 4.79 Å². The average Bonchev–Trinajstić information content (AvgIpc) is 2.38. The summed E-state index contributed by atoms with van der Waals surface area (Å²) >= 11 is 3.11. The van der Waals surface area contributed by atoms with Gasteiger partial charge >= 0.3 is 5.97 Å². The van der Waals surface area contributed by atoms with Crippen LogP contribution in [0.15, 0.2) is 12.1 Å². The highest BCUT2D eigenvalue weighted by molar-refractivity contribution is 9.08. The number of benzene rings is 1. The largest absolute Gasteiger partial charge is 0.466 e. The number of rotatable bonds is 5. The molecule has 0 saturated carbocycles. The van der Waals surface area contributed by atoms with Crippen LogP contribution in [0, 0.1) is 11.3 Å². The topological polar surface area (TPSA) is 50.1 Å². The number of nitrogens with zero attached hydrogens (tertiary/aromatic N) is 1. The SMILES string of the molecule is CCOC(=O)Cc1cc(C(F)F)c(CBr)cc1C#N. The minimum Gasteiger partial charge on any atom is -0.466 e. The number of hydrogen-bond acceptors (Lipinski definition) is 3. The normalized spacial score (nSPS) is 10.3. The summed E-state index contributed by atoms with van der Waals surface area (Å²) in [6.45, 7) is 1.86. The Morgan fingerprint density at radius 3 is 2.63 bits per heavy atom. The van der Waals surface area contributed by atoms with Crippen molar-refractivity contribution in [3.8, 4) is 6.07 Å². The van der Waals surface area contributed by atoms with Crippen LogP contribution in [0.2, 0.25) is 0 Å². The molecule has 0 aliphatic rings. The molecule has 1 aromatic carbocycles. The van der Waals surface area contributed by atoms with Gasteiger partial charge in [-0.2, -0.15) is 5.26 Å². The van der Waals surface area contributed by atoms with Gasteiger partial charge in [0, 0.05) is 10.9 Å². The molecule has 102 valence electrons. The number of ether oxygens (including phenoxy) is 1. The van der Waals surface area contributed by atoms with Crippen LogP contribution in [-0.4, -0.2) is 12.6 Å². The predicted molar refractivity (Wildman–Crippen MR) is 69.1 cm³/mol. The van der Waals surface area contributed by atoms with Crippen LogP contribution in [0.5, 0.6) is 0 Å². The molecule has 0 radical (unpaired) electrons. The molecule has 0 unspecified atom stereocenters. The van der Waals surface area contributed by atoms with Crippen molar-refractivity contribution in [1.29, 1.82) is 5.26 Å². The minimum atomic E-state index is -2.65. The Morgan fingerprint density at radius 2 is 2.16 bits per heavy atom. The number of nitriles is 1. The van der Waals surface area contributed by atoms with Crippen LogP contribution >= 0.6 is 15.9 Å². The van der Waals surface area contributed by atoms with Crippen molar-refractivity contribution in [1.82, 2.24) is 0 Å². The van der Waals surface area contributed by atoms with Gasteiger partial charge in [0.2, 0.25) is 0 Å². The van der Waals surface area contributed by atoms with Gasteiger partial charge in [-0.1, -0.05) is 15.9 Å². The Hall–Kier alpha value is -1.48. The van der Waals surface area contributed by atoms with Crippen LogP contribution < -0.4 is 0 Å². The molecule has 19 heavy (non-hydrogen) atoms. The maximum Gasteiger partial charge on any atom is 0.310 e. The Morgan fingerprint density at radius 1 is 1.47 bits per heavy atom. The van der Waals surface area contributed by atoms with Gasteiger partial charge in [-0.05, 0) is 30.2 Å². The van der Waals surface area contributed by atoms with Gasteiger partial charge in [0.1, 0.15) is 0 Å².